The van der Waals surface area contributed by atoms with E-state index in [1.165, 1.54) is 11.1 Å². The Balaban J connectivity index is 2.19. The first kappa shape index (κ1) is 13.1. The summed E-state index contributed by atoms with van der Waals surface area (Å²) in [6.45, 7) is 3.81. The van der Waals surface area contributed by atoms with Crippen LogP contribution < -0.4 is 0 Å². The van der Waals surface area contributed by atoms with Crippen LogP contribution in [0.25, 0.3) is 17.2 Å². The molecule has 2 aromatic carbocycles. The lowest BCUT2D eigenvalue weighted by Crippen LogP contribution is -2.01. The molecule has 0 bridgehead atoms. The van der Waals surface area contributed by atoms with E-state index in [0.29, 0.717) is 0 Å². The van der Waals surface area contributed by atoms with Crippen molar-refractivity contribution in [3.05, 3.63) is 66.2 Å². The lowest BCUT2D eigenvalue weighted by atomic mass is 9.94. The quantitative estimate of drug-likeness (QED) is 0.755. The summed E-state index contributed by atoms with van der Waals surface area (Å²) in [4.78, 5) is 0. The normalized spacial score (nSPS) is 11.4. The molecule has 0 aliphatic heterocycles. The highest BCUT2D eigenvalue weighted by Gasteiger charge is 2.10. The maximum atomic E-state index is 8.96. The van der Waals surface area contributed by atoms with Crippen molar-refractivity contribution >= 4 is 6.08 Å². The first-order valence-corrected chi connectivity index (χ1v) is 6.37. The van der Waals surface area contributed by atoms with Crippen molar-refractivity contribution in [2.45, 2.75) is 13.8 Å². The second kappa shape index (κ2) is 5.54. The number of nitriles is 1. The Morgan fingerprint density at radius 1 is 0.895 bits per heavy atom. The fourth-order valence-corrected chi connectivity index (χ4v) is 1.76. The van der Waals surface area contributed by atoms with Gasteiger partial charge in [-0.1, -0.05) is 66.7 Å². The molecule has 0 fully saturated rings. The Hall–Kier alpha value is -2.33. The molecule has 0 atom stereocenters. The fourth-order valence-electron chi connectivity index (χ4n) is 1.76. The summed E-state index contributed by atoms with van der Waals surface area (Å²) in [6.07, 6.45) is 3.93. The number of rotatable bonds is 3. The topological polar surface area (TPSA) is 23.8 Å². The summed E-state index contributed by atoms with van der Waals surface area (Å²) in [6, 6.07) is 20.9. The molecule has 94 valence electrons. The molecule has 1 heteroatoms. The fraction of sp³-hybridized carbons (Fsp3) is 0.167. The summed E-state index contributed by atoms with van der Waals surface area (Å²) in [7, 11) is 0. The van der Waals surface area contributed by atoms with Crippen molar-refractivity contribution in [2.24, 2.45) is 5.41 Å². The van der Waals surface area contributed by atoms with Crippen LogP contribution in [0.3, 0.4) is 0 Å². The van der Waals surface area contributed by atoms with Gasteiger partial charge in [-0.15, -0.1) is 0 Å². The van der Waals surface area contributed by atoms with Crippen molar-refractivity contribution in [2.75, 3.05) is 0 Å². The van der Waals surface area contributed by atoms with Gasteiger partial charge in [0.1, 0.15) is 0 Å². The van der Waals surface area contributed by atoms with Gasteiger partial charge in [-0.3, -0.25) is 0 Å². The number of benzene rings is 2. The van der Waals surface area contributed by atoms with Crippen LogP contribution in [0.4, 0.5) is 0 Å². The zero-order chi connectivity index (χ0) is 13.7. The molecule has 0 heterocycles. The van der Waals surface area contributed by atoms with Gasteiger partial charge in [0.2, 0.25) is 0 Å². The summed E-state index contributed by atoms with van der Waals surface area (Å²) in [5, 5.41) is 8.96. The van der Waals surface area contributed by atoms with Crippen molar-refractivity contribution in [3.63, 3.8) is 0 Å². The first-order valence-electron chi connectivity index (χ1n) is 6.37. The molecule has 0 saturated heterocycles. The van der Waals surface area contributed by atoms with E-state index in [2.05, 4.69) is 42.5 Å². The van der Waals surface area contributed by atoms with Crippen LogP contribution in [0.15, 0.2) is 60.7 Å². The van der Waals surface area contributed by atoms with Crippen LogP contribution in [-0.2, 0) is 0 Å². The average molecular weight is 247 g/mol. The summed E-state index contributed by atoms with van der Waals surface area (Å²) < 4.78 is 0. The third kappa shape index (κ3) is 3.56. The zero-order valence-corrected chi connectivity index (χ0v) is 11.3. The van der Waals surface area contributed by atoms with Crippen molar-refractivity contribution in [3.8, 4) is 17.2 Å². The molecule has 2 aromatic rings. The Kier molecular flexibility index (Phi) is 3.82. The largest absolute Gasteiger partial charge is 0.197 e. The van der Waals surface area contributed by atoms with Gasteiger partial charge in [0.25, 0.3) is 0 Å². The maximum Gasteiger partial charge on any atom is 0.0725 e. The van der Waals surface area contributed by atoms with Crippen LogP contribution in [0.5, 0.6) is 0 Å². The van der Waals surface area contributed by atoms with Gasteiger partial charge < -0.3 is 0 Å². The third-order valence-corrected chi connectivity index (χ3v) is 3.00. The van der Waals surface area contributed by atoms with Crippen LogP contribution >= 0.6 is 0 Å². The smallest absolute Gasteiger partial charge is 0.0725 e. The minimum Gasteiger partial charge on any atom is -0.197 e. The van der Waals surface area contributed by atoms with E-state index in [4.69, 9.17) is 5.26 Å². The third-order valence-electron chi connectivity index (χ3n) is 3.00. The highest BCUT2D eigenvalue weighted by atomic mass is 14.3. The molecule has 0 amide bonds. The summed E-state index contributed by atoms with van der Waals surface area (Å²) >= 11 is 0. The van der Waals surface area contributed by atoms with E-state index in [9.17, 15) is 0 Å². The number of allylic oxidation sites excluding steroid dienone is 1. The second-order valence-corrected chi connectivity index (χ2v) is 5.15. The van der Waals surface area contributed by atoms with Gasteiger partial charge >= 0.3 is 0 Å². The molecule has 0 radical (unpaired) electrons. The molecule has 1 nitrogen and oxygen atoms in total. The second-order valence-electron chi connectivity index (χ2n) is 5.15. The standard InChI is InChI=1S/C18H17N/c1-18(2,14-19)13-12-15-8-10-17(11-9-15)16-6-4-3-5-7-16/h3-13H,1-2H3/b13-12+. The summed E-state index contributed by atoms with van der Waals surface area (Å²) in [5.41, 5.74) is 3.12. The molecule has 0 spiro atoms. The Bertz CT molecular complexity index is 598. The van der Waals surface area contributed by atoms with Gasteiger partial charge in [-0.2, -0.15) is 5.26 Å². The predicted molar refractivity (Wildman–Crippen MR) is 80.3 cm³/mol. The minimum atomic E-state index is -0.419. The number of hydrogen-bond acceptors (Lipinski definition) is 1. The molecule has 19 heavy (non-hydrogen) atoms. The lowest BCUT2D eigenvalue weighted by molar-refractivity contribution is 0.647. The molecule has 0 unspecified atom stereocenters. The van der Waals surface area contributed by atoms with E-state index in [0.717, 1.165) is 5.56 Å². The van der Waals surface area contributed by atoms with E-state index >= 15 is 0 Å². The van der Waals surface area contributed by atoms with Gasteiger partial charge in [0.15, 0.2) is 0 Å². The van der Waals surface area contributed by atoms with Gasteiger partial charge in [0, 0.05) is 0 Å². The first-order chi connectivity index (χ1) is 9.11. The highest BCUT2D eigenvalue weighted by molar-refractivity contribution is 5.65. The molecule has 0 N–H and O–H groups in total. The molecule has 0 aliphatic carbocycles. The minimum absolute atomic E-state index is 0.419. The van der Waals surface area contributed by atoms with Gasteiger partial charge in [-0.25, -0.2) is 0 Å². The highest BCUT2D eigenvalue weighted by Crippen LogP contribution is 2.21. The lowest BCUT2D eigenvalue weighted by Gasteiger charge is -2.07. The maximum absolute atomic E-state index is 8.96. The van der Waals surface area contributed by atoms with E-state index in [1.807, 2.05) is 44.2 Å². The van der Waals surface area contributed by atoms with Crippen molar-refractivity contribution < 1.29 is 0 Å². The van der Waals surface area contributed by atoms with Gasteiger partial charge in [0.05, 0.1) is 11.5 Å². The molecule has 0 aliphatic rings. The molecular formula is C18H17N. The van der Waals surface area contributed by atoms with Crippen LogP contribution in [-0.4, -0.2) is 0 Å². The van der Waals surface area contributed by atoms with Gasteiger partial charge in [-0.05, 0) is 30.5 Å². The molecule has 0 saturated carbocycles. The van der Waals surface area contributed by atoms with Crippen LogP contribution in [0.2, 0.25) is 0 Å². The summed E-state index contributed by atoms with van der Waals surface area (Å²) in [5.74, 6) is 0. The van der Waals surface area contributed by atoms with E-state index in [1.54, 1.807) is 0 Å². The van der Waals surface area contributed by atoms with E-state index in [-0.39, 0.29) is 0 Å². The number of hydrogen-bond donors (Lipinski definition) is 0. The molecule has 0 aromatic heterocycles. The Labute approximate surface area is 114 Å². The molecule has 2 rings (SSSR count). The van der Waals surface area contributed by atoms with Crippen LogP contribution in [0, 0.1) is 16.7 Å². The van der Waals surface area contributed by atoms with E-state index < -0.39 is 5.41 Å². The van der Waals surface area contributed by atoms with Crippen molar-refractivity contribution in [1.82, 2.24) is 0 Å². The SMILES string of the molecule is CC(C)(C#N)/C=C/c1ccc(-c2ccccc2)cc1. The Morgan fingerprint density at radius 2 is 1.47 bits per heavy atom. The van der Waals surface area contributed by atoms with Crippen molar-refractivity contribution in [1.29, 1.82) is 5.26 Å². The van der Waals surface area contributed by atoms with Crippen LogP contribution in [0.1, 0.15) is 19.4 Å². The Morgan fingerprint density at radius 3 is 2.05 bits per heavy atom. The monoisotopic (exact) mass is 247 g/mol. The molecular weight excluding hydrogens is 230 g/mol. The zero-order valence-electron chi connectivity index (χ0n) is 11.3. The number of nitrogens with zero attached hydrogens (tertiary/aromatic N) is 1. The predicted octanol–water partition coefficient (Wildman–Crippen LogP) is 4.92. The average Bonchev–Trinajstić information content (AvgIpc) is 2.47.